The molecule has 0 radical (unpaired) electrons. The molecule has 0 spiro atoms. The van der Waals surface area contributed by atoms with E-state index in [-0.39, 0.29) is 17.9 Å². The third-order valence-corrected chi connectivity index (χ3v) is 3.86. The summed E-state index contributed by atoms with van der Waals surface area (Å²) in [5.74, 6) is 0.907. The van der Waals surface area contributed by atoms with Gasteiger partial charge in [-0.05, 0) is 24.8 Å². The van der Waals surface area contributed by atoms with Gasteiger partial charge in [-0.3, -0.25) is 4.79 Å². The lowest BCUT2D eigenvalue weighted by Gasteiger charge is -2.02. The fourth-order valence-electron chi connectivity index (χ4n) is 1.98. The van der Waals surface area contributed by atoms with Crippen LogP contribution < -0.4 is 5.32 Å². The lowest BCUT2D eigenvalue weighted by molar-refractivity contribution is -0.115. The maximum Gasteiger partial charge on any atom is 0.339 e. The molecule has 2 N–H and O–H groups in total. The Bertz CT molecular complexity index is 525. The van der Waals surface area contributed by atoms with Gasteiger partial charge in [0.15, 0.2) is 0 Å². The predicted molar refractivity (Wildman–Crippen MR) is 65.4 cm³/mol. The van der Waals surface area contributed by atoms with Crippen LogP contribution in [-0.2, 0) is 17.6 Å². The van der Waals surface area contributed by atoms with Gasteiger partial charge in [0.25, 0.3) is 0 Å². The van der Waals surface area contributed by atoms with E-state index in [0.29, 0.717) is 5.00 Å². The Hall–Kier alpha value is -1.80. The monoisotopic (exact) mass is 249 g/mol. The lowest BCUT2D eigenvalue weighted by atomic mass is 10.1. The predicted octanol–water partition coefficient (Wildman–Crippen LogP) is 1.90. The number of rotatable bonds is 3. The molecule has 1 aromatic heterocycles. The Morgan fingerprint density at radius 3 is 2.88 bits per heavy atom. The molecule has 4 nitrogen and oxygen atoms in total. The number of anilines is 1. The van der Waals surface area contributed by atoms with Crippen LogP contribution in [0.5, 0.6) is 0 Å². The highest BCUT2D eigenvalue weighted by Crippen LogP contribution is 2.39. The van der Waals surface area contributed by atoms with Crippen molar-refractivity contribution in [2.24, 2.45) is 0 Å². The number of carbonyl (C=O) groups excluding carboxylic acids is 1. The first-order chi connectivity index (χ1) is 8.13. The molecule has 0 bridgehead atoms. The Labute approximate surface area is 103 Å². The summed E-state index contributed by atoms with van der Waals surface area (Å²) in [7, 11) is 0. The molecule has 1 amide bonds. The maximum absolute atomic E-state index is 11.4. The normalized spacial score (nSPS) is 12.9. The molecule has 5 heteroatoms. The number of carboxylic acid groups (broad SMARTS) is 1. The second-order valence-electron chi connectivity index (χ2n) is 3.80. The zero-order valence-electron chi connectivity index (χ0n) is 9.08. The van der Waals surface area contributed by atoms with E-state index < -0.39 is 5.97 Å². The molecule has 17 heavy (non-hydrogen) atoms. The van der Waals surface area contributed by atoms with Crippen molar-refractivity contribution in [3.63, 3.8) is 0 Å². The summed E-state index contributed by atoms with van der Waals surface area (Å²) in [5.41, 5.74) is 1.12. The van der Waals surface area contributed by atoms with Crippen LogP contribution in [0.3, 0.4) is 0 Å². The van der Waals surface area contributed by atoms with E-state index in [1.807, 2.05) is 0 Å². The van der Waals surface area contributed by atoms with Gasteiger partial charge >= 0.3 is 5.97 Å². The number of carboxylic acids is 1. The molecule has 0 aliphatic heterocycles. The van der Waals surface area contributed by atoms with E-state index in [4.69, 9.17) is 6.42 Å². The third-order valence-electron chi connectivity index (χ3n) is 2.65. The highest BCUT2D eigenvalue weighted by Gasteiger charge is 2.26. The van der Waals surface area contributed by atoms with Crippen LogP contribution in [0.2, 0.25) is 0 Å². The molecular weight excluding hydrogens is 238 g/mol. The van der Waals surface area contributed by atoms with Crippen molar-refractivity contribution >= 4 is 28.2 Å². The molecule has 1 aliphatic rings. The molecule has 0 saturated carbocycles. The van der Waals surface area contributed by atoms with Crippen molar-refractivity contribution in [3.8, 4) is 12.3 Å². The first-order valence-electron chi connectivity index (χ1n) is 5.24. The number of aromatic carboxylic acids is 1. The van der Waals surface area contributed by atoms with Crippen LogP contribution in [0, 0.1) is 12.3 Å². The highest BCUT2D eigenvalue weighted by atomic mass is 32.1. The number of amides is 1. The zero-order chi connectivity index (χ0) is 12.4. The van der Waals surface area contributed by atoms with E-state index in [2.05, 4.69) is 11.2 Å². The van der Waals surface area contributed by atoms with Gasteiger partial charge in [0.05, 0.1) is 12.0 Å². The van der Waals surface area contributed by atoms with E-state index in [1.165, 1.54) is 11.3 Å². The average molecular weight is 249 g/mol. The molecule has 1 aromatic rings. The standard InChI is InChI=1S/C12H11NO3S/c1-2-4-9(14)13-11-10(12(15)16)7-5-3-6-8(7)17-11/h1H,3-6H2,(H,13,14)(H,15,16). The average Bonchev–Trinajstić information content (AvgIpc) is 2.76. The Morgan fingerprint density at radius 2 is 2.24 bits per heavy atom. The molecule has 0 aromatic carbocycles. The molecule has 88 valence electrons. The molecule has 0 saturated heterocycles. The number of terminal acetylenes is 1. The fourth-order valence-corrected chi connectivity index (χ4v) is 3.28. The summed E-state index contributed by atoms with van der Waals surface area (Å²) in [6.07, 6.45) is 7.65. The SMILES string of the molecule is C#CCC(=O)Nc1sc2c(c1C(=O)O)CCC2. The van der Waals surface area contributed by atoms with E-state index in [9.17, 15) is 14.7 Å². The molecule has 0 unspecified atom stereocenters. The summed E-state index contributed by atoms with van der Waals surface area (Å²) < 4.78 is 0. The Balaban J connectivity index is 2.32. The van der Waals surface area contributed by atoms with Crippen molar-refractivity contribution in [1.82, 2.24) is 0 Å². The number of nitrogens with one attached hydrogen (secondary N) is 1. The summed E-state index contributed by atoms with van der Waals surface area (Å²) in [5, 5.41) is 12.2. The lowest BCUT2D eigenvalue weighted by Crippen LogP contribution is -2.12. The number of aryl methyl sites for hydroxylation is 1. The van der Waals surface area contributed by atoms with E-state index in [1.54, 1.807) is 0 Å². The van der Waals surface area contributed by atoms with Gasteiger partial charge in [0.2, 0.25) is 5.91 Å². The van der Waals surface area contributed by atoms with Crippen LogP contribution in [0.4, 0.5) is 5.00 Å². The molecule has 2 rings (SSSR count). The Kier molecular flexibility index (Phi) is 3.16. The van der Waals surface area contributed by atoms with Crippen molar-refractivity contribution in [1.29, 1.82) is 0 Å². The fraction of sp³-hybridized carbons (Fsp3) is 0.333. The smallest absolute Gasteiger partial charge is 0.339 e. The molecule has 1 aliphatic carbocycles. The summed E-state index contributed by atoms with van der Waals surface area (Å²) in [6, 6.07) is 0. The molecular formula is C12H11NO3S. The van der Waals surface area contributed by atoms with Gasteiger partial charge in [0.1, 0.15) is 5.00 Å². The van der Waals surface area contributed by atoms with Gasteiger partial charge in [-0.15, -0.1) is 17.8 Å². The minimum absolute atomic E-state index is 0.0401. The minimum Gasteiger partial charge on any atom is -0.478 e. The number of hydrogen-bond acceptors (Lipinski definition) is 3. The number of carbonyl (C=O) groups is 2. The minimum atomic E-state index is -0.986. The first-order valence-corrected chi connectivity index (χ1v) is 6.06. The zero-order valence-corrected chi connectivity index (χ0v) is 9.89. The van der Waals surface area contributed by atoms with Gasteiger partial charge in [-0.25, -0.2) is 4.79 Å². The quantitative estimate of drug-likeness (QED) is 0.804. The van der Waals surface area contributed by atoms with Crippen LogP contribution in [0.1, 0.15) is 33.6 Å². The summed E-state index contributed by atoms with van der Waals surface area (Å²) >= 11 is 1.35. The molecule has 0 atom stereocenters. The van der Waals surface area contributed by atoms with Crippen LogP contribution in [0.15, 0.2) is 0 Å². The second kappa shape index (κ2) is 4.60. The number of fused-ring (bicyclic) bond motifs is 1. The van der Waals surface area contributed by atoms with Gasteiger partial charge < -0.3 is 10.4 Å². The van der Waals surface area contributed by atoms with Crippen molar-refractivity contribution in [3.05, 3.63) is 16.0 Å². The van der Waals surface area contributed by atoms with Gasteiger partial charge in [0, 0.05) is 4.88 Å². The summed E-state index contributed by atoms with van der Waals surface area (Å²) in [4.78, 5) is 23.6. The largest absolute Gasteiger partial charge is 0.478 e. The van der Waals surface area contributed by atoms with Crippen LogP contribution in [-0.4, -0.2) is 17.0 Å². The van der Waals surface area contributed by atoms with Gasteiger partial charge in [-0.1, -0.05) is 5.92 Å². The van der Waals surface area contributed by atoms with E-state index in [0.717, 1.165) is 29.7 Å². The Morgan fingerprint density at radius 1 is 1.47 bits per heavy atom. The third kappa shape index (κ3) is 2.17. The maximum atomic E-state index is 11.4. The topological polar surface area (TPSA) is 66.4 Å². The van der Waals surface area contributed by atoms with Crippen LogP contribution >= 0.6 is 11.3 Å². The second-order valence-corrected chi connectivity index (χ2v) is 4.90. The number of thiophene rings is 1. The molecule has 0 fully saturated rings. The van der Waals surface area contributed by atoms with Crippen molar-refractivity contribution < 1.29 is 14.7 Å². The molecule has 1 heterocycles. The van der Waals surface area contributed by atoms with Gasteiger partial charge in [-0.2, -0.15) is 0 Å². The van der Waals surface area contributed by atoms with E-state index >= 15 is 0 Å². The first kappa shape index (κ1) is 11.7. The van der Waals surface area contributed by atoms with Crippen molar-refractivity contribution in [2.75, 3.05) is 5.32 Å². The van der Waals surface area contributed by atoms with Crippen LogP contribution in [0.25, 0.3) is 0 Å². The highest BCUT2D eigenvalue weighted by molar-refractivity contribution is 7.17. The number of hydrogen-bond donors (Lipinski definition) is 2. The van der Waals surface area contributed by atoms with Crippen molar-refractivity contribution in [2.45, 2.75) is 25.7 Å². The summed E-state index contributed by atoms with van der Waals surface area (Å²) in [6.45, 7) is 0.